The van der Waals surface area contributed by atoms with Gasteiger partial charge in [0.05, 0.1) is 20.8 Å². The number of amides is 2. The van der Waals surface area contributed by atoms with Crippen molar-refractivity contribution in [2.75, 3.05) is 18.4 Å². The minimum absolute atomic E-state index is 0.0244. The quantitative estimate of drug-likeness (QED) is 0.345. The number of alkyl carbamates (subject to hydrolysis) is 1. The molecule has 1 aliphatic heterocycles. The van der Waals surface area contributed by atoms with Crippen molar-refractivity contribution >= 4 is 55.8 Å². The standard InChI is InChI=1S/C27H29N5O3S/c1-14-9-15-10-16(5-6-19(15)29-14)30-20-7-8-28-21-11-22(36-24(20)21)25(33)32-12-17-18(13-32)23(17)31-26(34)35-27(2,3)4/h5-11,17-18,23,29H,12-13H2,1-4H3,(H,28,30)(H,31,34). The van der Waals surface area contributed by atoms with E-state index in [1.165, 1.54) is 11.3 Å². The normalized spacial score (nSPS) is 21.0. The number of hydrogen-bond donors (Lipinski definition) is 3. The Morgan fingerprint density at radius 1 is 1.14 bits per heavy atom. The van der Waals surface area contributed by atoms with Gasteiger partial charge in [-0.1, -0.05) is 0 Å². The van der Waals surface area contributed by atoms with Crippen molar-refractivity contribution < 1.29 is 14.3 Å². The highest BCUT2D eigenvalue weighted by Gasteiger charge is 2.57. The minimum Gasteiger partial charge on any atom is -0.444 e. The number of nitrogens with one attached hydrogen (secondary N) is 3. The van der Waals surface area contributed by atoms with Gasteiger partial charge in [0, 0.05) is 59.4 Å². The molecule has 2 unspecified atom stereocenters. The number of aryl methyl sites for hydroxylation is 1. The Labute approximate surface area is 213 Å². The van der Waals surface area contributed by atoms with Crippen LogP contribution in [0.4, 0.5) is 16.2 Å². The van der Waals surface area contributed by atoms with Gasteiger partial charge in [0.1, 0.15) is 5.60 Å². The number of likely N-dealkylation sites (tertiary alicyclic amines) is 1. The second-order valence-electron chi connectivity index (χ2n) is 10.8. The molecule has 2 amide bonds. The number of thiophene rings is 1. The van der Waals surface area contributed by atoms with Crippen LogP contribution in [-0.4, -0.2) is 51.6 Å². The SMILES string of the molecule is Cc1cc2cc(Nc3ccnc4cc(C(=O)N5CC6C(C5)C6NC(=O)OC(C)(C)C)sc34)ccc2[nH]1. The van der Waals surface area contributed by atoms with E-state index in [2.05, 4.69) is 38.8 Å². The first-order valence-electron chi connectivity index (χ1n) is 12.2. The van der Waals surface area contributed by atoms with Gasteiger partial charge in [0.25, 0.3) is 5.91 Å². The van der Waals surface area contributed by atoms with Crippen molar-refractivity contribution in [3.8, 4) is 0 Å². The first-order valence-corrected chi connectivity index (χ1v) is 13.0. The molecule has 0 bridgehead atoms. The maximum Gasteiger partial charge on any atom is 0.407 e. The van der Waals surface area contributed by atoms with Gasteiger partial charge >= 0.3 is 6.09 Å². The average Bonchev–Trinajstić information content (AvgIpc) is 3.24. The summed E-state index contributed by atoms with van der Waals surface area (Å²) in [4.78, 5) is 35.8. The zero-order valence-electron chi connectivity index (χ0n) is 20.7. The van der Waals surface area contributed by atoms with Crippen molar-refractivity contribution in [3.05, 3.63) is 53.2 Å². The highest BCUT2D eigenvalue weighted by Crippen LogP contribution is 2.46. The van der Waals surface area contributed by atoms with E-state index in [1.807, 2.05) is 50.8 Å². The van der Waals surface area contributed by atoms with Gasteiger partial charge in [-0.25, -0.2) is 4.79 Å². The molecule has 1 saturated heterocycles. The van der Waals surface area contributed by atoms with E-state index in [-0.39, 0.29) is 29.9 Å². The van der Waals surface area contributed by atoms with E-state index in [0.29, 0.717) is 18.0 Å². The fraction of sp³-hybridized carbons (Fsp3) is 0.370. The van der Waals surface area contributed by atoms with Crippen molar-refractivity contribution in [1.82, 2.24) is 20.2 Å². The van der Waals surface area contributed by atoms with Crippen LogP contribution in [0.1, 0.15) is 36.1 Å². The monoisotopic (exact) mass is 503 g/mol. The van der Waals surface area contributed by atoms with Gasteiger partial charge in [-0.15, -0.1) is 11.3 Å². The van der Waals surface area contributed by atoms with Gasteiger partial charge < -0.3 is 25.3 Å². The number of rotatable bonds is 4. The maximum atomic E-state index is 13.3. The largest absolute Gasteiger partial charge is 0.444 e. The fourth-order valence-corrected chi connectivity index (χ4v) is 6.21. The average molecular weight is 504 g/mol. The lowest BCUT2D eigenvalue weighted by Gasteiger charge is -2.22. The fourth-order valence-electron chi connectivity index (χ4n) is 5.16. The number of hydrogen-bond acceptors (Lipinski definition) is 6. The molecule has 1 aromatic carbocycles. The number of aromatic amines is 1. The third kappa shape index (κ3) is 4.28. The Hall–Kier alpha value is -3.59. The molecule has 9 heteroatoms. The second kappa shape index (κ2) is 8.23. The summed E-state index contributed by atoms with van der Waals surface area (Å²) in [6, 6.07) is 12.3. The molecule has 1 aliphatic carbocycles. The first kappa shape index (κ1) is 22.8. The summed E-state index contributed by atoms with van der Waals surface area (Å²) in [5.41, 5.74) is 4.43. The van der Waals surface area contributed by atoms with E-state index >= 15 is 0 Å². The van der Waals surface area contributed by atoms with E-state index in [9.17, 15) is 9.59 Å². The van der Waals surface area contributed by atoms with Crippen molar-refractivity contribution in [3.63, 3.8) is 0 Å². The highest BCUT2D eigenvalue weighted by atomic mass is 32.1. The summed E-state index contributed by atoms with van der Waals surface area (Å²) in [5.74, 6) is 0.604. The van der Waals surface area contributed by atoms with Crippen LogP contribution in [0, 0.1) is 18.8 Å². The lowest BCUT2D eigenvalue weighted by atomic mass is 10.2. The summed E-state index contributed by atoms with van der Waals surface area (Å²) in [6.07, 6.45) is 1.38. The van der Waals surface area contributed by atoms with Crippen LogP contribution in [-0.2, 0) is 4.74 Å². The smallest absolute Gasteiger partial charge is 0.407 e. The van der Waals surface area contributed by atoms with Gasteiger partial charge in [-0.2, -0.15) is 0 Å². The summed E-state index contributed by atoms with van der Waals surface area (Å²) in [7, 11) is 0. The van der Waals surface area contributed by atoms with E-state index in [4.69, 9.17) is 4.74 Å². The molecule has 2 atom stereocenters. The number of benzene rings is 1. The van der Waals surface area contributed by atoms with Crippen LogP contribution in [0.5, 0.6) is 0 Å². The maximum absolute atomic E-state index is 13.3. The molecular weight excluding hydrogens is 474 g/mol. The lowest BCUT2D eigenvalue weighted by molar-refractivity contribution is 0.0513. The number of pyridine rings is 1. The Kier molecular flexibility index (Phi) is 5.22. The summed E-state index contributed by atoms with van der Waals surface area (Å²) >= 11 is 1.47. The molecular formula is C27H29N5O3S. The number of anilines is 2. The molecule has 2 aliphatic rings. The number of carbonyl (C=O) groups excluding carboxylic acids is 2. The predicted octanol–water partition coefficient (Wildman–Crippen LogP) is 5.42. The number of piperidine rings is 1. The molecule has 2 fully saturated rings. The zero-order valence-corrected chi connectivity index (χ0v) is 21.5. The Bertz CT molecular complexity index is 1490. The summed E-state index contributed by atoms with van der Waals surface area (Å²) in [6.45, 7) is 8.89. The third-order valence-electron chi connectivity index (χ3n) is 6.82. The third-order valence-corrected chi connectivity index (χ3v) is 7.97. The molecule has 3 N–H and O–H groups in total. The molecule has 8 nitrogen and oxygen atoms in total. The number of H-pyrrole nitrogens is 1. The molecule has 0 radical (unpaired) electrons. The predicted molar refractivity (Wildman–Crippen MR) is 142 cm³/mol. The number of aromatic nitrogens is 2. The Morgan fingerprint density at radius 3 is 2.67 bits per heavy atom. The number of ether oxygens (including phenoxy) is 1. The molecule has 1 saturated carbocycles. The first-order chi connectivity index (χ1) is 17.1. The lowest BCUT2D eigenvalue weighted by Crippen LogP contribution is -2.39. The van der Waals surface area contributed by atoms with Gasteiger partial charge in [-0.05, 0) is 64.1 Å². The van der Waals surface area contributed by atoms with Crippen LogP contribution >= 0.6 is 11.3 Å². The molecule has 6 rings (SSSR count). The van der Waals surface area contributed by atoms with Crippen molar-refractivity contribution in [2.24, 2.45) is 11.8 Å². The number of nitrogens with zero attached hydrogens (tertiary/aromatic N) is 2. The molecule has 4 aromatic rings. The topological polar surface area (TPSA) is 99.4 Å². The van der Waals surface area contributed by atoms with Crippen LogP contribution in [0.25, 0.3) is 21.1 Å². The van der Waals surface area contributed by atoms with E-state index in [1.54, 1.807) is 6.20 Å². The Balaban J connectivity index is 1.14. The molecule has 36 heavy (non-hydrogen) atoms. The molecule has 4 heterocycles. The minimum atomic E-state index is -0.521. The number of carbonyl (C=O) groups is 2. The van der Waals surface area contributed by atoms with Crippen LogP contribution in [0.15, 0.2) is 42.6 Å². The van der Waals surface area contributed by atoms with Crippen LogP contribution < -0.4 is 10.6 Å². The second-order valence-corrected chi connectivity index (χ2v) is 11.8. The summed E-state index contributed by atoms with van der Waals surface area (Å²) < 4.78 is 6.32. The van der Waals surface area contributed by atoms with Crippen molar-refractivity contribution in [1.29, 1.82) is 0 Å². The van der Waals surface area contributed by atoms with Crippen molar-refractivity contribution in [2.45, 2.75) is 39.3 Å². The molecule has 186 valence electrons. The molecule has 0 spiro atoms. The van der Waals surface area contributed by atoms with Gasteiger partial charge in [0.15, 0.2) is 0 Å². The van der Waals surface area contributed by atoms with Gasteiger partial charge in [-0.3, -0.25) is 9.78 Å². The molecule has 3 aromatic heterocycles. The van der Waals surface area contributed by atoms with E-state index in [0.717, 1.165) is 38.2 Å². The Morgan fingerprint density at radius 2 is 1.92 bits per heavy atom. The number of fused-ring (bicyclic) bond motifs is 3. The van der Waals surface area contributed by atoms with Crippen LogP contribution in [0.3, 0.4) is 0 Å². The zero-order chi connectivity index (χ0) is 25.2. The van der Waals surface area contributed by atoms with Crippen LogP contribution in [0.2, 0.25) is 0 Å². The highest BCUT2D eigenvalue weighted by molar-refractivity contribution is 7.21. The summed E-state index contributed by atoms with van der Waals surface area (Å²) in [5, 5.41) is 7.61. The van der Waals surface area contributed by atoms with Gasteiger partial charge in [0.2, 0.25) is 0 Å². The van der Waals surface area contributed by atoms with E-state index < -0.39 is 5.60 Å².